The van der Waals surface area contributed by atoms with Crippen LogP contribution in [0.25, 0.3) is 16.9 Å². The molecule has 0 spiro atoms. The Bertz CT molecular complexity index is 788. The van der Waals surface area contributed by atoms with Gasteiger partial charge < -0.3 is 0 Å². The van der Waals surface area contributed by atoms with Crippen molar-refractivity contribution in [2.45, 2.75) is 19.3 Å². The lowest BCUT2D eigenvalue weighted by molar-refractivity contribution is 0.704. The van der Waals surface area contributed by atoms with Crippen molar-refractivity contribution in [3.8, 4) is 5.69 Å². The first-order valence-electron chi connectivity index (χ1n) is 7.32. The van der Waals surface area contributed by atoms with Crippen molar-refractivity contribution < 1.29 is 0 Å². The molecule has 1 aromatic carbocycles. The van der Waals surface area contributed by atoms with Crippen LogP contribution in [0.2, 0.25) is 0 Å². The van der Waals surface area contributed by atoms with Crippen LogP contribution in [0.4, 0.5) is 0 Å². The van der Waals surface area contributed by atoms with E-state index >= 15 is 0 Å². The van der Waals surface area contributed by atoms with Gasteiger partial charge in [-0.2, -0.15) is 11.8 Å². The summed E-state index contributed by atoms with van der Waals surface area (Å²) in [6.45, 7) is 2.15. The van der Waals surface area contributed by atoms with E-state index in [4.69, 9.17) is 4.98 Å². The summed E-state index contributed by atoms with van der Waals surface area (Å²) in [4.78, 5) is 9.48. The number of aromatic nitrogens is 3. The van der Waals surface area contributed by atoms with Gasteiger partial charge in [-0.25, -0.2) is 9.97 Å². The zero-order chi connectivity index (χ0) is 14.2. The number of rotatable bonds is 2. The maximum Gasteiger partial charge on any atom is 0.164 e. The molecule has 1 saturated heterocycles. The molecule has 106 valence electrons. The maximum absolute atomic E-state index is 4.90. The van der Waals surface area contributed by atoms with Gasteiger partial charge in [0.25, 0.3) is 0 Å². The molecule has 0 aliphatic carbocycles. The monoisotopic (exact) mass is 295 g/mol. The third-order valence-electron chi connectivity index (χ3n) is 4.09. The molecule has 3 heterocycles. The van der Waals surface area contributed by atoms with E-state index in [-0.39, 0.29) is 0 Å². The molecule has 0 bridgehead atoms. The standard InChI is InChI=1S/C17H17N3S/c1-12-5-2-3-7-15(12)20-16(13-8-10-21-11-13)19-14-6-4-9-18-17(14)20/h2-7,9,13H,8,10-11H2,1H3. The summed E-state index contributed by atoms with van der Waals surface area (Å²) >= 11 is 2.02. The number of nitrogens with zero attached hydrogens (tertiary/aromatic N) is 3. The summed E-state index contributed by atoms with van der Waals surface area (Å²) in [6, 6.07) is 12.5. The Morgan fingerprint density at radius 2 is 2.10 bits per heavy atom. The normalized spacial score (nSPS) is 18.4. The van der Waals surface area contributed by atoms with Gasteiger partial charge in [0.2, 0.25) is 0 Å². The van der Waals surface area contributed by atoms with Crippen LogP contribution in [0.3, 0.4) is 0 Å². The molecule has 4 rings (SSSR count). The SMILES string of the molecule is Cc1ccccc1-n1c(C2CCSC2)nc2cccnc21. The van der Waals surface area contributed by atoms with Gasteiger partial charge >= 0.3 is 0 Å². The number of benzene rings is 1. The molecule has 3 nitrogen and oxygen atoms in total. The summed E-state index contributed by atoms with van der Waals surface area (Å²) in [5.74, 6) is 4.09. The van der Waals surface area contributed by atoms with Crippen molar-refractivity contribution in [2.75, 3.05) is 11.5 Å². The van der Waals surface area contributed by atoms with E-state index in [9.17, 15) is 0 Å². The molecular weight excluding hydrogens is 278 g/mol. The molecule has 21 heavy (non-hydrogen) atoms. The van der Waals surface area contributed by atoms with Crippen molar-refractivity contribution in [2.24, 2.45) is 0 Å². The molecule has 0 amide bonds. The number of hydrogen-bond donors (Lipinski definition) is 0. The molecule has 0 radical (unpaired) electrons. The van der Waals surface area contributed by atoms with E-state index in [1.165, 1.54) is 29.2 Å². The lowest BCUT2D eigenvalue weighted by Gasteiger charge is -2.14. The number of thioether (sulfide) groups is 1. The highest BCUT2D eigenvalue weighted by Gasteiger charge is 2.25. The lowest BCUT2D eigenvalue weighted by Crippen LogP contribution is -2.08. The fourth-order valence-electron chi connectivity index (χ4n) is 2.99. The Labute approximate surface area is 128 Å². The van der Waals surface area contributed by atoms with E-state index in [0.29, 0.717) is 5.92 Å². The van der Waals surface area contributed by atoms with Crippen molar-refractivity contribution in [3.63, 3.8) is 0 Å². The average Bonchev–Trinajstić information content (AvgIpc) is 3.15. The van der Waals surface area contributed by atoms with Crippen LogP contribution in [0.15, 0.2) is 42.6 Å². The highest BCUT2D eigenvalue weighted by atomic mass is 32.2. The molecular formula is C17H17N3S. The highest BCUT2D eigenvalue weighted by Crippen LogP contribution is 2.35. The molecule has 1 aliphatic rings. The van der Waals surface area contributed by atoms with Gasteiger partial charge in [0, 0.05) is 17.9 Å². The summed E-state index contributed by atoms with van der Waals surface area (Å²) in [5, 5.41) is 0. The second-order valence-electron chi connectivity index (χ2n) is 5.50. The quantitative estimate of drug-likeness (QED) is 0.717. The smallest absolute Gasteiger partial charge is 0.164 e. The molecule has 1 aliphatic heterocycles. The molecule has 1 unspecified atom stereocenters. The van der Waals surface area contributed by atoms with Crippen molar-refractivity contribution in [1.82, 2.24) is 14.5 Å². The van der Waals surface area contributed by atoms with E-state index in [1.807, 2.05) is 24.0 Å². The highest BCUT2D eigenvalue weighted by molar-refractivity contribution is 7.99. The summed E-state index contributed by atoms with van der Waals surface area (Å²) in [7, 11) is 0. The van der Waals surface area contributed by atoms with Crippen molar-refractivity contribution in [1.29, 1.82) is 0 Å². The fourth-order valence-corrected chi connectivity index (χ4v) is 4.21. The third kappa shape index (κ3) is 2.14. The van der Waals surface area contributed by atoms with Crippen molar-refractivity contribution in [3.05, 3.63) is 54.0 Å². The molecule has 2 aromatic heterocycles. The number of hydrogen-bond acceptors (Lipinski definition) is 3. The van der Waals surface area contributed by atoms with Crippen LogP contribution in [0.5, 0.6) is 0 Å². The zero-order valence-corrected chi connectivity index (χ0v) is 12.8. The van der Waals surface area contributed by atoms with Gasteiger partial charge in [0.15, 0.2) is 5.65 Å². The Morgan fingerprint density at radius 3 is 2.90 bits per heavy atom. The Kier molecular flexibility index (Phi) is 3.19. The summed E-state index contributed by atoms with van der Waals surface area (Å²) in [6.07, 6.45) is 3.06. The number of pyridine rings is 1. The predicted molar refractivity (Wildman–Crippen MR) is 88.3 cm³/mol. The van der Waals surface area contributed by atoms with E-state index in [1.54, 1.807) is 0 Å². The topological polar surface area (TPSA) is 30.7 Å². The predicted octanol–water partition coefficient (Wildman–Crippen LogP) is 3.95. The van der Waals surface area contributed by atoms with Gasteiger partial charge in [-0.3, -0.25) is 4.57 Å². The lowest BCUT2D eigenvalue weighted by atomic mass is 10.1. The van der Waals surface area contributed by atoms with E-state index in [2.05, 4.69) is 46.8 Å². The maximum atomic E-state index is 4.90. The van der Waals surface area contributed by atoms with Crippen LogP contribution >= 0.6 is 11.8 Å². The van der Waals surface area contributed by atoms with E-state index in [0.717, 1.165) is 16.9 Å². The Hall–Kier alpha value is -1.81. The number of aryl methyl sites for hydroxylation is 1. The third-order valence-corrected chi connectivity index (χ3v) is 5.26. The zero-order valence-electron chi connectivity index (χ0n) is 12.0. The number of imidazole rings is 1. The second-order valence-corrected chi connectivity index (χ2v) is 6.65. The number of fused-ring (bicyclic) bond motifs is 1. The fraction of sp³-hybridized carbons (Fsp3) is 0.294. The number of para-hydroxylation sites is 1. The Balaban J connectivity index is 2.00. The van der Waals surface area contributed by atoms with E-state index < -0.39 is 0 Å². The van der Waals surface area contributed by atoms with Crippen LogP contribution in [0, 0.1) is 6.92 Å². The summed E-state index contributed by atoms with van der Waals surface area (Å²) in [5.41, 5.74) is 4.42. The first-order valence-corrected chi connectivity index (χ1v) is 8.47. The first-order chi connectivity index (χ1) is 10.3. The minimum atomic E-state index is 0.531. The van der Waals surface area contributed by atoms with Crippen LogP contribution in [0.1, 0.15) is 23.7 Å². The molecule has 0 N–H and O–H groups in total. The largest absolute Gasteiger partial charge is 0.280 e. The van der Waals surface area contributed by atoms with Crippen LogP contribution in [-0.4, -0.2) is 26.0 Å². The minimum Gasteiger partial charge on any atom is -0.280 e. The van der Waals surface area contributed by atoms with Gasteiger partial charge in [0.05, 0.1) is 5.69 Å². The van der Waals surface area contributed by atoms with Crippen LogP contribution < -0.4 is 0 Å². The molecule has 1 atom stereocenters. The van der Waals surface area contributed by atoms with Gasteiger partial charge in [-0.15, -0.1) is 0 Å². The van der Waals surface area contributed by atoms with Crippen LogP contribution in [-0.2, 0) is 0 Å². The average molecular weight is 295 g/mol. The Morgan fingerprint density at radius 1 is 1.19 bits per heavy atom. The molecule has 4 heteroatoms. The second kappa shape index (κ2) is 5.19. The van der Waals surface area contributed by atoms with Gasteiger partial charge in [-0.05, 0) is 42.9 Å². The molecule has 3 aromatic rings. The summed E-state index contributed by atoms with van der Waals surface area (Å²) < 4.78 is 2.27. The molecule has 1 fully saturated rings. The van der Waals surface area contributed by atoms with Crippen molar-refractivity contribution >= 4 is 22.9 Å². The first kappa shape index (κ1) is 12.9. The van der Waals surface area contributed by atoms with Gasteiger partial charge in [0.1, 0.15) is 11.3 Å². The minimum absolute atomic E-state index is 0.531. The van der Waals surface area contributed by atoms with Gasteiger partial charge in [-0.1, -0.05) is 18.2 Å². The molecule has 0 saturated carbocycles.